The van der Waals surface area contributed by atoms with Crippen LogP contribution in [-0.2, 0) is 0 Å². The molecule has 0 aromatic heterocycles. The number of benzene rings is 1. The van der Waals surface area contributed by atoms with Gasteiger partial charge in [-0.2, -0.15) is 0 Å². The van der Waals surface area contributed by atoms with Crippen molar-refractivity contribution in [2.24, 2.45) is 0 Å². The van der Waals surface area contributed by atoms with Crippen molar-refractivity contribution in [1.82, 2.24) is 4.90 Å². The lowest BCUT2D eigenvalue weighted by Gasteiger charge is -2.45. The van der Waals surface area contributed by atoms with Crippen LogP contribution >= 0.6 is 0 Å². The third kappa shape index (κ3) is 4.33. The Morgan fingerprint density at radius 1 is 0.829 bits per heavy atom. The molecule has 2 aliphatic rings. The van der Waals surface area contributed by atoms with Crippen LogP contribution < -0.4 is 4.90 Å². The maximum absolute atomic E-state index is 4.20. The van der Waals surface area contributed by atoms with Crippen molar-refractivity contribution in [3.05, 3.63) is 175 Å². The molecule has 0 aliphatic carbocycles. The Morgan fingerprint density at radius 2 is 1.46 bits per heavy atom. The zero-order chi connectivity index (χ0) is 25.5. The Hall–Kier alpha value is -4.24. The smallest absolute Gasteiger partial charge is 0.251 e. The summed E-state index contributed by atoms with van der Waals surface area (Å²) in [5.74, 6) is 0. The summed E-state index contributed by atoms with van der Waals surface area (Å²) >= 11 is 0. The van der Waals surface area contributed by atoms with Crippen molar-refractivity contribution in [3.63, 3.8) is 0 Å². The summed E-state index contributed by atoms with van der Waals surface area (Å²) in [6.07, 6.45) is 19.4. The number of rotatable bonds is 9. The highest BCUT2D eigenvalue weighted by molar-refractivity contribution is 6.83. The second-order valence-corrected chi connectivity index (χ2v) is 8.03. The van der Waals surface area contributed by atoms with Crippen LogP contribution in [-0.4, -0.2) is 11.6 Å². The minimum Gasteiger partial charge on any atom is -0.315 e. The van der Waals surface area contributed by atoms with E-state index >= 15 is 0 Å². The minimum atomic E-state index is -0.0742. The van der Waals surface area contributed by atoms with E-state index in [9.17, 15) is 0 Å². The van der Waals surface area contributed by atoms with E-state index in [0.29, 0.717) is 0 Å². The number of nitrogens with zero attached hydrogens (tertiary/aromatic N) is 2. The molecule has 0 saturated carbocycles. The van der Waals surface area contributed by atoms with Crippen LogP contribution in [0.1, 0.15) is 13.8 Å². The van der Waals surface area contributed by atoms with Crippen molar-refractivity contribution in [3.8, 4) is 0 Å². The molecule has 0 unspecified atom stereocenters. The summed E-state index contributed by atoms with van der Waals surface area (Å²) < 4.78 is 0. The molecule has 0 bridgehead atoms. The molecule has 3 heteroatoms. The van der Waals surface area contributed by atoms with Crippen LogP contribution in [0.25, 0.3) is 0 Å². The quantitative estimate of drug-likeness (QED) is 0.273. The standard InChI is InChI=1S/C32H33BN2/c1-9-16-21-25(11-3)35-30(15-7)28(13-5)33-27(12-4)29(14-6)34(26-22-18-17-19-23-26)24(8)32(33)31(35)20-10-2/h9-23H,1-2,4-7H2,3,8H3/b21-16-,25-11+,31-20+. The van der Waals surface area contributed by atoms with Crippen LogP contribution in [0.5, 0.6) is 0 Å². The molecule has 3 rings (SSSR count). The Bertz CT molecular complexity index is 1260. The van der Waals surface area contributed by atoms with Gasteiger partial charge in [-0.05, 0) is 66.7 Å². The molecule has 0 amide bonds. The van der Waals surface area contributed by atoms with Gasteiger partial charge in [0.1, 0.15) is 0 Å². The average molecular weight is 456 g/mol. The molecule has 0 N–H and O–H groups in total. The number of allylic oxidation sites excluding steroid dienone is 14. The van der Waals surface area contributed by atoms with E-state index < -0.39 is 0 Å². The highest BCUT2D eigenvalue weighted by atomic mass is 15.2. The fraction of sp³-hybridized carbons (Fsp3) is 0.0625. The number of hydrogen-bond donors (Lipinski definition) is 0. The molecule has 0 radical (unpaired) electrons. The second-order valence-electron chi connectivity index (χ2n) is 8.03. The highest BCUT2D eigenvalue weighted by Crippen LogP contribution is 2.46. The lowest BCUT2D eigenvalue weighted by atomic mass is 9.31. The fourth-order valence-electron chi connectivity index (χ4n) is 4.92. The van der Waals surface area contributed by atoms with Crippen molar-refractivity contribution >= 4 is 12.4 Å². The number of fused-ring (bicyclic) bond motifs is 1. The predicted molar refractivity (Wildman–Crippen MR) is 155 cm³/mol. The Labute approximate surface area is 211 Å². The number of hydrogen-bond acceptors (Lipinski definition) is 2. The molecular weight excluding hydrogens is 423 g/mol. The van der Waals surface area contributed by atoms with E-state index in [1.165, 1.54) is 0 Å². The Kier molecular flexibility index (Phi) is 8.17. The van der Waals surface area contributed by atoms with Crippen LogP contribution in [0.15, 0.2) is 175 Å². The summed E-state index contributed by atoms with van der Waals surface area (Å²) in [5, 5.41) is 0. The van der Waals surface area contributed by atoms with Gasteiger partial charge in [-0.15, -0.1) is 0 Å². The summed E-state index contributed by atoms with van der Waals surface area (Å²) in [5.41, 5.74) is 9.43. The van der Waals surface area contributed by atoms with Gasteiger partial charge in [0.15, 0.2) is 0 Å². The van der Waals surface area contributed by atoms with E-state index in [1.807, 2.05) is 67.7 Å². The lowest BCUT2D eigenvalue weighted by molar-refractivity contribution is 0.564. The Balaban J connectivity index is 2.51. The van der Waals surface area contributed by atoms with Gasteiger partial charge >= 0.3 is 0 Å². The zero-order valence-corrected chi connectivity index (χ0v) is 20.9. The van der Waals surface area contributed by atoms with E-state index in [4.69, 9.17) is 0 Å². The number of anilines is 1. The molecule has 2 nitrogen and oxygen atoms in total. The first kappa shape index (κ1) is 25.4. The molecule has 0 atom stereocenters. The van der Waals surface area contributed by atoms with E-state index in [2.05, 4.69) is 80.5 Å². The summed E-state index contributed by atoms with van der Waals surface area (Å²) in [6.45, 7) is 28.7. The second kappa shape index (κ2) is 11.3. The first-order valence-electron chi connectivity index (χ1n) is 11.7. The summed E-state index contributed by atoms with van der Waals surface area (Å²) in [4.78, 5) is 4.46. The fourth-order valence-corrected chi connectivity index (χ4v) is 4.92. The Morgan fingerprint density at radius 3 is 1.97 bits per heavy atom. The predicted octanol–water partition coefficient (Wildman–Crippen LogP) is 8.18. The van der Waals surface area contributed by atoms with Gasteiger partial charge < -0.3 is 9.80 Å². The van der Waals surface area contributed by atoms with Gasteiger partial charge in [0.05, 0.1) is 0 Å². The molecule has 0 saturated heterocycles. The van der Waals surface area contributed by atoms with Gasteiger partial charge in [-0.25, -0.2) is 0 Å². The highest BCUT2D eigenvalue weighted by Gasteiger charge is 2.43. The van der Waals surface area contributed by atoms with Crippen LogP contribution in [0, 0.1) is 0 Å². The van der Waals surface area contributed by atoms with Gasteiger partial charge in [-0.1, -0.05) is 94.1 Å². The topological polar surface area (TPSA) is 6.48 Å². The molecule has 0 fully saturated rings. The molecule has 1 aromatic carbocycles. The molecule has 1 aromatic rings. The number of para-hydroxylation sites is 1. The lowest BCUT2D eigenvalue weighted by Crippen LogP contribution is -2.44. The monoisotopic (exact) mass is 456 g/mol. The summed E-state index contributed by atoms with van der Waals surface area (Å²) in [6, 6.07) is 10.3. The van der Waals surface area contributed by atoms with E-state index in [-0.39, 0.29) is 6.71 Å². The largest absolute Gasteiger partial charge is 0.315 e. The SMILES string of the molecule is C=C/C=C\C(=C/C)N1C(C=C)=C(C=C)B2C(C=C)=C(C=C)N(c3ccccc3)C(C)=C2/C1=C\C=C. The van der Waals surface area contributed by atoms with Crippen LogP contribution in [0.3, 0.4) is 0 Å². The molecule has 0 spiro atoms. The molecular formula is C32H33BN2. The molecule has 174 valence electrons. The maximum Gasteiger partial charge on any atom is 0.251 e. The van der Waals surface area contributed by atoms with Crippen LogP contribution in [0.2, 0.25) is 0 Å². The minimum absolute atomic E-state index is 0.0742. The maximum atomic E-state index is 4.20. The zero-order valence-electron chi connectivity index (χ0n) is 20.9. The normalized spacial score (nSPS) is 17.7. The summed E-state index contributed by atoms with van der Waals surface area (Å²) in [7, 11) is 0. The van der Waals surface area contributed by atoms with Gasteiger partial charge in [-0.3, -0.25) is 0 Å². The molecule has 35 heavy (non-hydrogen) atoms. The molecule has 2 aliphatic heterocycles. The van der Waals surface area contributed by atoms with Crippen molar-refractivity contribution in [2.45, 2.75) is 13.8 Å². The van der Waals surface area contributed by atoms with Crippen LogP contribution in [0.4, 0.5) is 5.69 Å². The van der Waals surface area contributed by atoms with Crippen molar-refractivity contribution < 1.29 is 0 Å². The third-order valence-corrected chi connectivity index (χ3v) is 6.30. The van der Waals surface area contributed by atoms with Gasteiger partial charge in [0.25, 0.3) is 6.71 Å². The third-order valence-electron chi connectivity index (χ3n) is 6.30. The van der Waals surface area contributed by atoms with Crippen molar-refractivity contribution in [1.29, 1.82) is 0 Å². The first-order chi connectivity index (χ1) is 17.0. The van der Waals surface area contributed by atoms with Crippen molar-refractivity contribution in [2.75, 3.05) is 4.90 Å². The van der Waals surface area contributed by atoms with E-state index in [0.717, 1.165) is 50.6 Å². The van der Waals surface area contributed by atoms with E-state index in [1.54, 1.807) is 6.08 Å². The average Bonchev–Trinajstić information content (AvgIpc) is 2.89. The van der Waals surface area contributed by atoms with Gasteiger partial charge in [0.2, 0.25) is 0 Å². The first-order valence-corrected chi connectivity index (χ1v) is 11.7. The molecule has 2 heterocycles. The van der Waals surface area contributed by atoms with Gasteiger partial charge in [0, 0.05) is 34.2 Å².